The minimum absolute atomic E-state index is 1.09. The molecule has 0 fully saturated rings. The molecule has 324 valence electrons. The lowest BCUT2D eigenvalue weighted by molar-refractivity contribution is 1.18. The van der Waals surface area contributed by atoms with Gasteiger partial charge in [0.1, 0.15) is 0 Å². The third kappa shape index (κ3) is 7.16. The van der Waals surface area contributed by atoms with Gasteiger partial charge < -0.3 is 14.0 Å². The number of nitrogens with zero attached hydrogens (tertiary/aromatic N) is 3. The Morgan fingerprint density at radius 1 is 0.203 bits per heavy atom. The molecule has 0 aliphatic carbocycles. The molecule has 0 bridgehead atoms. The zero-order valence-electron chi connectivity index (χ0n) is 37.8. The number of hydrogen-bond acceptors (Lipinski definition) is 1. The molecule has 0 saturated heterocycles. The third-order valence-corrected chi connectivity index (χ3v) is 13.7. The van der Waals surface area contributed by atoms with Crippen molar-refractivity contribution in [2.45, 2.75) is 0 Å². The van der Waals surface area contributed by atoms with Crippen LogP contribution in [0.3, 0.4) is 0 Å². The van der Waals surface area contributed by atoms with Gasteiger partial charge in [-0.2, -0.15) is 0 Å². The van der Waals surface area contributed by atoms with Crippen LogP contribution < -0.4 is 4.90 Å². The van der Waals surface area contributed by atoms with E-state index in [9.17, 15) is 0 Å². The smallest absolute Gasteiger partial charge is 0.0547 e. The van der Waals surface area contributed by atoms with Crippen LogP contribution in [0.15, 0.2) is 273 Å². The van der Waals surface area contributed by atoms with E-state index in [-0.39, 0.29) is 0 Å². The van der Waals surface area contributed by atoms with E-state index >= 15 is 0 Å². The van der Waals surface area contributed by atoms with Gasteiger partial charge in [0.05, 0.1) is 22.1 Å². The summed E-state index contributed by atoms with van der Waals surface area (Å²) < 4.78 is 4.75. The fourth-order valence-electron chi connectivity index (χ4n) is 10.4. The summed E-state index contributed by atoms with van der Waals surface area (Å²) >= 11 is 0. The van der Waals surface area contributed by atoms with Crippen molar-refractivity contribution >= 4 is 60.7 Å². The van der Waals surface area contributed by atoms with E-state index in [1.54, 1.807) is 0 Å². The Hall–Kier alpha value is -9.18. The van der Waals surface area contributed by atoms with Gasteiger partial charge in [0, 0.05) is 50.0 Å². The molecule has 2 heterocycles. The SMILES string of the molecule is c1ccc(-c2ccc(N(c3ccc(-c4ccc(-c5ccc6c7ccccc7n(-c7ccccc7)c6c5)cc4)cc3)c3ccc(-c4ccc5c(c4)c4ccccc4n5-c4ccccc4)cc3)cc2)cc1. The van der Waals surface area contributed by atoms with Crippen molar-refractivity contribution in [2.75, 3.05) is 4.90 Å². The van der Waals surface area contributed by atoms with E-state index in [0.29, 0.717) is 0 Å². The Morgan fingerprint density at radius 3 is 1.03 bits per heavy atom. The highest BCUT2D eigenvalue weighted by Crippen LogP contribution is 2.40. The van der Waals surface area contributed by atoms with Gasteiger partial charge in [0.15, 0.2) is 0 Å². The van der Waals surface area contributed by atoms with Crippen molar-refractivity contribution in [3.63, 3.8) is 0 Å². The number of rotatable bonds is 9. The summed E-state index contributed by atoms with van der Waals surface area (Å²) in [4.78, 5) is 2.35. The number of para-hydroxylation sites is 4. The molecule has 3 nitrogen and oxygen atoms in total. The Labute approximate surface area is 401 Å². The number of aromatic nitrogens is 2. The maximum atomic E-state index is 2.38. The van der Waals surface area contributed by atoms with Crippen molar-refractivity contribution in [1.82, 2.24) is 9.13 Å². The van der Waals surface area contributed by atoms with Crippen LogP contribution in [0.5, 0.6) is 0 Å². The topological polar surface area (TPSA) is 13.1 Å². The molecular formula is C66H45N3. The molecule has 3 heteroatoms. The maximum Gasteiger partial charge on any atom is 0.0547 e. The zero-order valence-corrected chi connectivity index (χ0v) is 37.8. The second kappa shape index (κ2) is 16.9. The number of fused-ring (bicyclic) bond motifs is 6. The van der Waals surface area contributed by atoms with Crippen molar-refractivity contribution in [1.29, 1.82) is 0 Å². The highest BCUT2D eigenvalue weighted by molar-refractivity contribution is 6.11. The van der Waals surface area contributed by atoms with Crippen molar-refractivity contribution in [2.24, 2.45) is 0 Å². The molecule has 69 heavy (non-hydrogen) atoms. The van der Waals surface area contributed by atoms with Crippen LogP contribution in [0.2, 0.25) is 0 Å². The first-order chi connectivity index (χ1) is 34.2. The van der Waals surface area contributed by atoms with Gasteiger partial charge >= 0.3 is 0 Å². The van der Waals surface area contributed by atoms with E-state index in [0.717, 1.165) is 28.4 Å². The van der Waals surface area contributed by atoms with Gasteiger partial charge in [0.2, 0.25) is 0 Å². The van der Waals surface area contributed by atoms with Gasteiger partial charge in [-0.05, 0) is 136 Å². The average molecular weight is 880 g/mol. The van der Waals surface area contributed by atoms with Gasteiger partial charge in [-0.15, -0.1) is 0 Å². The lowest BCUT2D eigenvalue weighted by Gasteiger charge is -2.26. The molecule has 13 rings (SSSR count). The predicted octanol–water partition coefficient (Wildman–Crippen LogP) is 18.0. The average Bonchev–Trinajstić information content (AvgIpc) is 3.94. The van der Waals surface area contributed by atoms with Crippen LogP contribution in [-0.4, -0.2) is 9.13 Å². The molecule has 0 amide bonds. The van der Waals surface area contributed by atoms with E-state index in [1.807, 2.05) is 0 Å². The zero-order chi connectivity index (χ0) is 45.7. The molecule has 0 unspecified atom stereocenters. The molecule has 0 N–H and O–H groups in total. The summed E-state index contributed by atoms with van der Waals surface area (Å²) in [7, 11) is 0. The van der Waals surface area contributed by atoms with Crippen molar-refractivity contribution in [3.05, 3.63) is 273 Å². The van der Waals surface area contributed by atoms with Crippen molar-refractivity contribution < 1.29 is 0 Å². The Balaban J connectivity index is 0.827. The monoisotopic (exact) mass is 879 g/mol. The van der Waals surface area contributed by atoms with Crippen LogP contribution in [0, 0.1) is 0 Å². The number of anilines is 3. The second-order valence-electron chi connectivity index (χ2n) is 17.8. The summed E-state index contributed by atoms with van der Waals surface area (Å²) in [6.07, 6.45) is 0. The quantitative estimate of drug-likeness (QED) is 0.141. The van der Waals surface area contributed by atoms with Gasteiger partial charge in [-0.3, -0.25) is 0 Å². The molecule has 2 aromatic heterocycles. The first-order valence-corrected chi connectivity index (χ1v) is 23.7. The minimum atomic E-state index is 1.09. The van der Waals surface area contributed by atoms with Crippen LogP contribution >= 0.6 is 0 Å². The van der Waals surface area contributed by atoms with Gasteiger partial charge in [-0.25, -0.2) is 0 Å². The van der Waals surface area contributed by atoms with Crippen LogP contribution in [0.4, 0.5) is 17.1 Å². The highest BCUT2D eigenvalue weighted by atomic mass is 15.1. The largest absolute Gasteiger partial charge is 0.311 e. The molecule has 0 saturated carbocycles. The van der Waals surface area contributed by atoms with Gasteiger partial charge in [-0.1, -0.05) is 182 Å². The summed E-state index contributed by atoms with van der Waals surface area (Å²) in [6, 6.07) is 98.9. The lowest BCUT2D eigenvalue weighted by atomic mass is 9.99. The van der Waals surface area contributed by atoms with Crippen LogP contribution in [0.1, 0.15) is 0 Å². The molecule has 0 aliphatic heterocycles. The molecule has 11 aromatic carbocycles. The van der Waals surface area contributed by atoms with E-state index < -0.39 is 0 Å². The molecule has 0 atom stereocenters. The summed E-state index contributed by atoms with van der Waals surface area (Å²) in [5, 5.41) is 5.02. The number of benzene rings is 11. The molecule has 0 spiro atoms. The van der Waals surface area contributed by atoms with E-state index in [1.165, 1.54) is 88.1 Å². The summed E-state index contributed by atoms with van der Waals surface area (Å²) in [5.74, 6) is 0. The van der Waals surface area contributed by atoms with Crippen LogP contribution in [0.25, 0.3) is 99.5 Å². The Kier molecular flexibility index (Phi) is 9.84. The second-order valence-corrected chi connectivity index (χ2v) is 17.8. The fourth-order valence-corrected chi connectivity index (χ4v) is 10.4. The minimum Gasteiger partial charge on any atom is -0.311 e. The van der Waals surface area contributed by atoms with Crippen LogP contribution in [-0.2, 0) is 0 Å². The van der Waals surface area contributed by atoms with Crippen molar-refractivity contribution in [3.8, 4) is 55.9 Å². The maximum absolute atomic E-state index is 2.38. The summed E-state index contributed by atoms with van der Waals surface area (Å²) in [5.41, 5.74) is 19.9. The summed E-state index contributed by atoms with van der Waals surface area (Å²) in [6.45, 7) is 0. The standard InChI is InChI=1S/C66H45N3/c1-4-14-46(15-5-1)48-28-36-56(37-29-48)67(58-40-32-51(33-41-58)52-35-43-65-62(44-52)60-21-11-13-23-64(60)68(65)54-16-6-2-7-17-54)57-38-30-49(31-39-57)47-24-26-50(27-25-47)53-34-42-61-59-20-10-12-22-63(59)69(66(61)45-53)55-18-8-3-9-19-55/h1-45H. The third-order valence-electron chi connectivity index (χ3n) is 13.7. The number of hydrogen-bond donors (Lipinski definition) is 0. The first-order valence-electron chi connectivity index (χ1n) is 23.7. The lowest BCUT2D eigenvalue weighted by Crippen LogP contribution is -2.09. The highest BCUT2D eigenvalue weighted by Gasteiger charge is 2.17. The van der Waals surface area contributed by atoms with Gasteiger partial charge in [0.25, 0.3) is 0 Å². The normalized spacial score (nSPS) is 11.5. The Bertz CT molecular complexity index is 3940. The predicted molar refractivity (Wildman–Crippen MR) is 292 cm³/mol. The first kappa shape index (κ1) is 40.1. The van der Waals surface area contributed by atoms with E-state index in [4.69, 9.17) is 0 Å². The molecule has 0 aliphatic rings. The molecular weight excluding hydrogens is 835 g/mol. The molecule has 0 radical (unpaired) electrons. The molecule has 13 aromatic rings. The Morgan fingerprint density at radius 2 is 0.522 bits per heavy atom. The fraction of sp³-hybridized carbons (Fsp3) is 0. The van der Waals surface area contributed by atoms with E-state index in [2.05, 4.69) is 287 Å².